The monoisotopic (exact) mass is 394 g/mol. The first-order valence-electron chi connectivity index (χ1n) is 8.96. The summed E-state index contributed by atoms with van der Waals surface area (Å²) >= 11 is 3.41. The van der Waals surface area contributed by atoms with E-state index >= 15 is 0 Å². The summed E-state index contributed by atoms with van der Waals surface area (Å²) in [4.78, 5) is 21.5. The van der Waals surface area contributed by atoms with Crippen molar-refractivity contribution in [3.05, 3.63) is 22.8 Å². The van der Waals surface area contributed by atoms with E-state index in [1.165, 1.54) is 19.3 Å². The molecule has 132 valence electrons. The third-order valence-corrected chi connectivity index (χ3v) is 6.01. The van der Waals surface area contributed by atoms with Crippen LogP contribution in [-0.4, -0.2) is 48.5 Å². The van der Waals surface area contributed by atoms with Gasteiger partial charge in [0.05, 0.1) is 0 Å². The number of hydrogen-bond donors (Lipinski definition) is 1. The van der Waals surface area contributed by atoms with Crippen LogP contribution in [0.15, 0.2) is 22.8 Å². The van der Waals surface area contributed by atoms with Gasteiger partial charge in [0.25, 0.3) is 0 Å². The Bertz CT molecular complexity index is 549. The molecule has 1 aliphatic heterocycles. The fourth-order valence-electron chi connectivity index (χ4n) is 3.93. The second-order valence-corrected chi connectivity index (χ2v) is 8.06. The number of aromatic nitrogens is 1. The van der Waals surface area contributed by atoms with E-state index in [9.17, 15) is 4.79 Å². The Labute approximate surface area is 152 Å². The normalized spacial score (nSPS) is 20.9. The van der Waals surface area contributed by atoms with E-state index in [2.05, 4.69) is 25.8 Å². The summed E-state index contributed by atoms with van der Waals surface area (Å²) < 4.78 is 0.986. The van der Waals surface area contributed by atoms with Crippen LogP contribution in [0.1, 0.15) is 38.5 Å². The van der Waals surface area contributed by atoms with Gasteiger partial charge in [-0.25, -0.2) is 4.98 Å². The van der Waals surface area contributed by atoms with Crippen molar-refractivity contribution in [3.8, 4) is 0 Å². The summed E-state index contributed by atoms with van der Waals surface area (Å²) in [5.74, 6) is 1.27. The summed E-state index contributed by atoms with van der Waals surface area (Å²) in [7, 11) is 0. The van der Waals surface area contributed by atoms with Crippen molar-refractivity contribution < 1.29 is 4.79 Å². The molecule has 1 saturated carbocycles. The molecule has 0 spiro atoms. The second kappa shape index (κ2) is 7.83. The van der Waals surface area contributed by atoms with Crippen LogP contribution in [0.5, 0.6) is 0 Å². The summed E-state index contributed by atoms with van der Waals surface area (Å²) in [6.45, 7) is 3.88. The summed E-state index contributed by atoms with van der Waals surface area (Å²) in [6.07, 6.45) is 8.38. The third kappa shape index (κ3) is 4.09. The molecule has 0 aromatic carbocycles. The van der Waals surface area contributed by atoms with Crippen LogP contribution in [0.2, 0.25) is 0 Å². The number of piperazine rings is 1. The van der Waals surface area contributed by atoms with Gasteiger partial charge in [-0.15, -0.1) is 0 Å². The lowest BCUT2D eigenvalue weighted by atomic mass is 9.71. The molecule has 2 heterocycles. The minimum Gasteiger partial charge on any atom is -0.353 e. The number of rotatable bonds is 4. The van der Waals surface area contributed by atoms with Crippen molar-refractivity contribution in [2.24, 2.45) is 11.1 Å². The molecule has 1 aromatic rings. The first kappa shape index (κ1) is 17.7. The number of carbonyl (C=O) groups excluding carboxylic acids is 1. The molecule has 1 amide bonds. The number of halogens is 1. The van der Waals surface area contributed by atoms with Gasteiger partial charge in [0.15, 0.2) is 0 Å². The van der Waals surface area contributed by atoms with Crippen molar-refractivity contribution >= 4 is 27.7 Å². The lowest BCUT2D eigenvalue weighted by molar-refractivity contribution is -0.134. The molecule has 0 atom stereocenters. The number of pyridine rings is 1. The van der Waals surface area contributed by atoms with Gasteiger partial charge in [-0.2, -0.15) is 0 Å². The average molecular weight is 395 g/mol. The Kier molecular flexibility index (Phi) is 5.76. The molecule has 24 heavy (non-hydrogen) atoms. The Morgan fingerprint density at radius 2 is 1.88 bits per heavy atom. The van der Waals surface area contributed by atoms with Crippen LogP contribution >= 0.6 is 15.9 Å². The minimum atomic E-state index is 0.0553. The number of hydrogen-bond acceptors (Lipinski definition) is 4. The molecule has 2 aliphatic rings. The van der Waals surface area contributed by atoms with E-state index in [4.69, 9.17) is 5.73 Å². The van der Waals surface area contributed by atoms with E-state index in [0.717, 1.165) is 49.3 Å². The highest BCUT2D eigenvalue weighted by Gasteiger charge is 2.35. The molecule has 1 aliphatic carbocycles. The summed E-state index contributed by atoms with van der Waals surface area (Å²) in [5, 5.41) is 0. The van der Waals surface area contributed by atoms with Gasteiger partial charge in [-0.1, -0.05) is 19.3 Å². The largest absolute Gasteiger partial charge is 0.353 e. The van der Waals surface area contributed by atoms with Crippen molar-refractivity contribution in [3.63, 3.8) is 0 Å². The Balaban J connectivity index is 1.54. The maximum Gasteiger partial charge on any atom is 0.223 e. The average Bonchev–Trinajstić information content (AvgIpc) is 2.63. The summed E-state index contributed by atoms with van der Waals surface area (Å²) in [5.41, 5.74) is 6.09. The van der Waals surface area contributed by atoms with Gasteiger partial charge in [-0.3, -0.25) is 4.79 Å². The maximum atomic E-state index is 12.7. The Hall–Kier alpha value is -1.14. The van der Waals surface area contributed by atoms with Gasteiger partial charge in [0, 0.05) is 43.3 Å². The van der Waals surface area contributed by atoms with E-state index < -0.39 is 0 Å². The highest BCUT2D eigenvalue weighted by molar-refractivity contribution is 9.10. The molecule has 3 rings (SSSR count). The van der Waals surface area contributed by atoms with E-state index in [0.29, 0.717) is 13.0 Å². The van der Waals surface area contributed by atoms with Gasteiger partial charge in [0.2, 0.25) is 5.91 Å². The molecule has 1 aromatic heterocycles. The van der Waals surface area contributed by atoms with Crippen molar-refractivity contribution in [1.29, 1.82) is 0 Å². The van der Waals surface area contributed by atoms with Gasteiger partial charge < -0.3 is 15.5 Å². The van der Waals surface area contributed by atoms with Gasteiger partial charge in [0.1, 0.15) is 5.82 Å². The van der Waals surface area contributed by atoms with Crippen molar-refractivity contribution in [2.75, 3.05) is 37.6 Å². The standard InChI is InChI=1S/C18H27BrN4O/c19-15-4-5-16(21-13-15)22-8-10-23(11-9-22)17(24)12-18(14-20)6-2-1-3-7-18/h4-5,13H,1-3,6-12,14,20H2. The highest BCUT2D eigenvalue weighted by Crippen LogP contribution is 2.38. The number of anilines is 1. The second-order valence-electron chi connectivity index (χ2n) is 7.14. The predicted molar refractivity (Wildman–Crippen MR) is 99.9 cm³/mol. The number of carbonyl (C=O) groups is 1. The van der Waals surface area contributed by atoms with Crippen LogP contribution in [-0.2, 0) is 4.79 Å². The lowest BCUT2D eigenvalue weighted by Gasteiger charge is -2.40. The zero-order chi connectivity index (χ0) is 17.0. The minimum absolute atomic E-state index is 0.0553. The van der Waals surface area contributed by atoms with Crippen LogP contribution in [0.3, 0.4) is 0 Å². The predicted octanol–water partition coefficient (Wildman–Crippen LogP) is 2.79. The number of amides is 1. The zero-order valence-corrected chi connectivity index (χ0v) is 15.8. The molecule has 5 nitrogen and oxygen atoms in total. The quantitative estimate of drug-likeness (QED) is 0.852. The molecule has 1 saturated heterocycles. The first-order chi connectivity index (χ1) is 11.6. The van der Waals surface area contributed by atoms with Crippen LogP contribution in [0.25, 0.3) is 0 Å². The third-order valence-electron chi connectivity index (χ3n) is 5.54. The molecule has 0 bridgehead atoms. The Morgan fingerprint density at radius 1 is 1.17 bits per heavy atom. The number of nitrogens with two attached hydrogens (primary N) is 1. The SMILES string of the molecule is NCC1(CC(=O)N2CCN(c3ccc(Br)cn3)CC2)CCCCC1. The molecule has 2 N–H and O–H groups in total. The topological polar surface area (TPSA) is 62.5 Å². The zero-order valence-electron chi connectivity index (χ0n) is 14.2. The molecule has 6 heteroatoms. The fourth-order valence-corrected chi connectivity index (χ4v) is 4.16. The number of nitrogens with zero attached hydrogens (tertiary/aromatic N) is 3. The molecule has 2 fully saturated rings. The van der Waals surface area contributed by atoms with Gasteiger partial charge in [-0.05, 0) is 52.9 Å². The van der Waals surface area contributed by atoms with Crippen LogP contribution < -0.4 is 10.6 Å². The van der Waals surface area contributed by atoms with Crippen LogP contribution in [0.4, 0.5) is 5.82 Å². The molecule has 0 unspecified atom stereocenters. The first-order valence-corrected chi connectivity index (χ1v) is 9.76. The highest BCUT2D eigenvalue weighted by atomic mass is 79.9. The van der Waals surface area contributed by atoms with Crippen molar-refractivity contribution in [1.82, 2.24) is 9.88 Å². The fraction of sp³-hybridized carbons (Fsp3) is 0.667. The molecule has 0 radical (unpaired) electrons. The summed E-state index contributed by atoms with van der Waals surface area (Å²) in [6, 6.07) is 4.03. The van der Waals surface area contributed by atoms with E-state index in [1.54, 1.807) is 0 Å². The smallest absolute Gasteiger partial charge is 0.223 e. The van der Waals surface area contributed by atoms with Crippen LogP contribution in [0, 0.1) is 5.41 Å². The van der Waals surface area contributed by atoms with Crippen molar-refractivity contribution in [2.45, 2.75) is 38.5 Å². The maximum absolute atomic E-state index is 12.7. The molecular formula is C18H27BrN4O. The lowest BCUT2D eigenvalue weighted by Crippen LogP contribution is -2.50. The van der Waals surface area contributed by atoms with Gasteiger partial charge >= 0.3 is 0 Å². The van der Waals surface area contributed by atoms with E-state index in [1.807, 2.05) is 23.2 Å². The Morgan fingerprint density at radius 3 is 2.46 bits per heavy atom. The molecular weight excluding hydrogens is 368 g/mol. The van der Waals surface area contributed by atoms with E-state index in [-0.39, 0.29) is 11.3 Å².